The molecule has 6 heterocycles. The molecule has 0 aliphatic carbocycles. The molecule has 0 spiro atoms. The average molecular weight is 1460 g/mol. The van der Waals surface area contributed by atoms with Crippen LogP contribution in [0.3, 0.4) is 0 Å². The Morgan fingerprint density at radius 2 is 0.919 bits per heavy atom. The number of phenols is 4. The Labute approximate surface area is 610 Å². The first-order valence-corrected chi connectivity index (χ1v) is 30.9. The molecule has 0 amide bonds. The summed E-state index contributed by atoms with van der Waals surface area (Å²) in [6, 6.07) is 46.4. The van der Waals surface area contributed by atoms with Crippen molar-refractivity contribution in [3.05, 3.63) is 301 Å². The minimum absolute atomic E-state index is 0. The SMILES string of the molecule is Cc1ccc(CCl)cc1C.Cc1ccc(Cn2c(=O)c3c(ncn3Cc3ccc(OCc4ccccc4)c(OCc4ccccc4)c3)n(C)c2=O)cc1C.Cn1c(=O)n(Cc2ccc(O)c(O)c2)c(=O)c2c1ncn2Cc1ccc(O)c(O)c1.Cn1c2c(c(=O)[nH]c1=O)CC=N2.[CH3-].[H-].[Na+].[Pd]. The maximum atomic E-state index is 13.8. The van der Waals surface area contributed by atoms with E-state index in [2.05, 4.69) is 52.0 Å². The van der Waals surface area contributed by atoms with Crippen LogP contribution in [-0.2, 0) is 93.3 Å². The molecule has 12 aromatic rings. The van der Waals surface area contributed by atoms with Gasteiger partial charge in [-0.1, -0.05) is 115 Å². The van der Waals surface area contributed by atoms with Crippen molar-refractivity contribution in [3.8, 4) is 34.5 Å². The molecule has 0 saturated carbocycles. The Morgan fingerprint density at radius 1 is 0.495 bits per heavy atom. The average Bonchev–Trinajstić information content (AvgIpc) is 1.55. The van der Waals surface area contributed by atoms with Crippen molar-refractivity contribution in [1.29, 1.82) is 0 Å². The number of hydrogen-bond acceptors (Lipinski definition) is 15. The maximum Gasteiger partial charge on any atom is 1.00 e. The summed E-state index contributed by atoms with van der Waals surface area (Å²) >= 11 is 5.65. The van der Waals surface area contributed by atoms with Gasteiger partial charge in [0.1, 0.15) is 19.0 Å². The number of aliphatic imine (C=N–C) groups is 1. The monoisotopic (exact) mass is 1460 g/mol. The number of aromatic hydroxyl groups is 4. The summed E-state index contributed by atoms with van der Waals surface area (Å²) in [5, 5.41) is 38.3. The zero-order chi connectivity index (χ0) is 68.5. The van der Waals surface area contributed by atoms with Gasteiger partial charge in [-0.25, -0.2) is 29.3 Å². The van der Waals surface area contributed by atoms with Crippen molar-refractivity contribution in [2.45, 2.75) is 79.4 Å². The van der Waals surface area contributed by atoms with Gasteiger partial charge in [0.25, 0.3) is 16.7 Å². The topological polar surface area (TPSA) is 290 Å². The van der Waals surface area contributed by atoms with E-state index in [4.69, 9.17) is 21.1 Å². The molecule has 1 aliphatic heterocycles. The van der Waals surface area contributed by atoms with Gasteiger partial charge < -0.3 is 47.9 Å². The van der Waals surface area contributed by atoms with E-state index in [1.165, 1.54) is 78.7 Å². The fourth-order valence-electron chi connectivity index (χ4n) is 10.6. The summed E-state index contributed by atoms with van der Waals surface area (Å²) in [4.78, 5) is 89.8. The molecule has 26 heteroatoms. The number of hydrogen-bond donors (Lipinski definition) is 5. The van der Waals surface area contributed by atoms with E-state index < -0.39 is 22.6 Å². The van der Waals surface area contributed by atoms with Crippen LogP contribution in [0.1, 0.15) is 68.2 Å². The number of aryl methyl sites for hydroxylation is 6. The zero-order valence-electron chi connectivity index (χ0n) is 57.0. The van der Waals surface area contributed by atoms with Crippen molar-refractivity contribution in [2.75, 3.05) is 0 Å². The third-order valence-corrected chi connectivity index (χ3v) is 16.7. The summed E-state index contributed by atoms with van der Waals surface area (Å²) in [6.45, 7) is 9.65. The third kappa shape index (κ3) is 17.8. The van der Waals surface area contributed by atoms with Crippen LogP contribution < -0.4 is 72.8 Å². The molecule has 0 fully saturated rings. The molecule has 5 aromatic heterocycles. The van der Waals surface area contributed by atoms with Crippen LogP contribution in [-0.4, -0.2) is 73.6 Å². The number of nitrogens with one attached hydrogen (secondary N) is 1. The number of imidazole rings is 2. The van der Waals surface area contributed by atoms with Gasteiger partial charge in [0.2, 0.25) is 0 Å². The number of halogens is 1. The summed E-state index contributed by atoms with van der Waals surface area (Å²) in [5.41, 5.74) is 10.1. The van der Waals surface area contributed by atoms with E-state index in [9.17, 15) is 49.2 Å². The van der Waals surface area contributed by atoms with Crippen LogP contribution in [0.15, 0.2) is 198 Å². The Bertz CT molecular complexity index is 5300. The number of fused-ring (bicyclic) bond motifs is 3. The minimum Gasteiger partial charge on any atom is -1.00 e. The summed E-state index contributed by atoms with van der Waals surface area (Å²) < 4.78 is 22.1. The predicted molar refractivity (Wildman–Crippen MR) is 375 cm³/mol. The van der Waals surface area contributed by atoms with Crippen LogP contribution in [0.2, 0.25) is 0 Å². The van der Waals surface area contributed by atoms with Crippen LogP contribution in [0, 0.1) is 35.1 Å². The number of phenolic OH excluding ortho intramolecular Hbond substituents is 4. The van der Waals surface area contributed by atoms with E-state index in [-0.39, 0.29) is 124 Å². The number of aromatic nitrogens is 10. The van der Waals surface area contributed by atoms with Gasteiger partial charge in [0, 0.05) is 73.2 Å². The fourth-order valence-corrected chi connectivity index (χ4v) is 10.8. The molecule has 1 aliphatic rings. The Kier molecular flexibility index (Phi) is 26.2. The summed E-state index contributed by atoms with van der Waals surface area (Å²) in [5.74, 6) is 1.13. The number of aromatic amines is 1. The van der Waals surface area contributed by atoms with E-state index in [1.54, 1.807) is 41.8 Å². The van der Waals surface area contributed by atoms with Crippen molar-refractivity contribution < 1.29 is 81.3 Å². The molecule has 5 N–H and O–H groups in total. The van der Waals surface area contributed by atoms with Gasteiger partial charge >= 0.3 is 46.6 Å². The minimum atomic E-state index is -0.576. The van der Waals surface area contributed by atoms with Gasteiger partial charge in [0.05, 0.1) is 31.3 Å². The molecule has 0 unspecified atom stereocenters. The van der Waals surface area contributed by atoms with Gasteiger partial charge in [-0.15, -0.1) is 11.6 Å². The van der Waals surface area contributed by atoms with Crippen molar-refractivity contribution in [2.24, 2.45) is 26.1 Å². The Balaban J connectivity index is 0.000000241. The molecule has 23 nitrogen and oxygen atoms in total. The smallest absolute Gasteiger partial charge is 1.00 e. The number of benzene rings is 7. The second-order valence-corrected chi connectivity index (χ2v) is 23.4. The summed E-state index contributed by atoms with van der Waals surface area (Å²) in [7, 11) is 4.73. The van der Waals surface area contributed by atoms with E-state index in [0.717, 1.165) is 37.9 Å². The molecule has 99 heavy (non-hydrogen) atoms. The Morgan fingerprint density at radius 3 is 1.39 bits per heavy atom. The van der Waals surface area contributed by atoms with Crippen molar-refractivity contribution in [1.82, 2.24) is 46.9 Å². The molecule has 0 radical (unpaired) electrons. The number of nitrogens with zero attached hydrogens (tertiary/aromatic N) is 10. The van der Waals surface area contributed by atoms with E-state index in [1.807, 2.05) is 111 Å². The Hall–Kier alpha value is -10.1. The van der Waals surface area contributed by atoms with Gasteiger partial charge in [0.15, 0.2) is 56.8 Å². The third-order valence-electron chi connectivity index (χ3n) is 16.3. The number of H-pyrrole nitrogens is 1. The standard InChI is InChI=1S/C36H34N4O4.C20H18N4O6.C9H11Cl.C7H7N3O2.CH3.Na.Pd.H/c1-25-14-15-29(18-26(25)2)21-40-35(41)33-34(38(3)36(40)42)37-24-39(33)20-30-16-17-31(43-22-27-10-6-4-7-11-27)32(19-30)44-23-28-12-8-5-9-13-28;1-22-18-17(23(10-21-18)8-11-2-4-13(25)15(27)6-11)19(29)24(20(22)30)9-12-3-5-14(26)16(28)7-12;1-7-3-4-9(6-10)5-8(7)2;1-10-5-4(2-3-8-5)6(11)9-7(10)12;;;;/h4-19,24H,20-23H2,1-3H3;2-7,10,25-28H,8-9H2,1H3;3-5H,6H2,1-2H3;3H,2H2,1H3,(H,9,11,12);1H3;;;/q;;;;-1;+1;;-1. The van der Waals surface area contributed by atoms with Gasteiger partial charge in [-0.05, 0) is 125 Å². The molecule has 0 atom stereocenters. The first-order chi connectivity index (χ1) is 46.1. The fraction of sp³-hybridized carbons (Fsp3) is 0.205. The molecule has 0 bridgehead atoms. The number of alkyl halides is 1. The molecule has 13 rings (SSSR count). The largest absolute Gasteiger partial charge is 1.00 e. The second-order valence-electron chi connectivity index (χ2n) is 23.1. The summed E-state index contributed by atoms with van der Waals surface area (Å²) in [6.07, 6.45) is 5.17. The molecule has 7 aromatic carbocycles. The molecular weight excluding hydrogens is 1390 g/mol. The maximum absolute atomic E-state index is 13.8. The predicted octanol–water partition coefficient (Wildman–Crippen LogP) is 6.52. The second kappa shape index (κ2) is 33.9. The van der Waals surface area contributed by atoms with Crippen molar-refractivity contribution >= 4 is 46.0 Å². The zero-order valence-corrected chi connectivity index (χ0v) is 60.4. The van der Waals surface area contributed by atoms with Crippen LogP contribution in [0.5, 0.6) is 34.5 Å². The first kappa shape index (κ1) is 76.3. The molecular formula is C73H74ClN11NaO12Pd-. The molecule has 0 saturated heterocycles. The van der Waals surface area contributed by atoms with Gasteiger partial charge in [-0.3, -0.25) is 42.2 Å². The van der Waals surface area contributed by atoms with E-state index >= 15 is 0 Å². The molecule has 512 valence electrons. The van der Waals surface area contributed by atoms with E-state index in [0.29, 0.717) is 77.2 Å². The first-order valence-electron chi connectivity index (χ1n) is 30.4. The number of rotatable bonds is 15. The normalized spacial score (nSPS) is 11.0. The number of ether oxygens (including phenoxy) is 2. The van der Waals surface area contributed by atoms with Gasteiger partial charge in [-0.2, -0.15) is 0 Å². The van der Waals surface area contributed by atoms with Crippen molar-refractivity contribution in [3.63, 3.8) is 0 Å². The van der Waals surface area contributed by atoms with Crippen LogP contribution >= 0.6 is 11.6 Å². The quantitative estimate of drug-likeness (QED) is 0.0316. The van der Waals surface area contributed by atoms with Crippen LogP contribution in [0.25, 0.3) is 22.3 Å². The van der Waals surface area contributed by atoms with Crippen LogP contribution in [0.4, 0.5) is 5.82 Å².